The quantitative estimate of drug-likeness (QED) is 0.643. The van der Waals surface area contributed by atoms with Crippen LogP contribution in [0.1, 0.15) is 13.8 Å². The molecular formula is C9H12BrNO3. The molecule has 5 heteroatoms. The van der Waals surface area contributed by atoms with Gasteiger partial charge in [-0.2, -0.15) is 0 Å². The second kappa shape index (κ2) is 2.51. The van der Waals surface area contributed by atoms with Crippen LogP contribution in [0.15, 0.2) is 0 Å². The Morgan fingerprint density at radius 3 is 2.71 bits per heavy atom. The monoisotopic (exact) mass is 261 g/mol. The lowest BCUT2D eigenvalue weighted by atomic mass is 10.0. The van der Waals surface area contributed by atoms with E-state index in [1.807, 2.05) is 13.8 Å². The van der Waals surface area contributed by atoms with Crippen LogP contribution in [-0.4, -0.2) is 34.8 Å². The minimum atomic E-state index is -0.550. The Labute approximate surface area is 90.4 Å². The summed E-state index contributed by atoms with van der Waals surface area (Å²) in [5.41, 5.74) is 0. The van der Waals surface area contributed by atoms with E-state index in [4.69, 9.17) is 9.47 Å². The van der Waals surface area contributed by atoms with Crippen LogP contribution in [-0.2, 0) is 14.3 Å². The third kappa shape index (κ3) is 0.978. The standard InChI is InChI=1S/C9H12BrNO3/c1-9(2)13-6-3-4(10)5(7(6)14-9)11-8(3)12/h3-7H,1-2H3,(H,11,12)/t3-,4-,5+,6+,7-/m0/s1. The fourth-order valence-corrected chi connectivity index (χ4v) is 3.65. The number of ether oxygens (including phenoxy) is 2. The summed E-state index contributed by atoms with van der Waals surface area (Å²) in [5.74, 6) is -0.558. The van der Waals surface area contributed by atoms with Gasteiger partial charge in [0, 0.05) is 0 Å². The van der Waals surface area contributed by atoms with Crippen LogP contribution in [0.5, 0.6) is 0 Å². The van der Waals surface area contributed by atoms with Gasteiger partial charge in [0.25, 0.3) is 0 Å². The topological polar surface area (TPSA) is 47.6 Å². The first-order valence-corrected chi connectivity index (χ1v) is 5.71. The maximum Gasteiger partial charge on any atom is 0.227 e. The highest BCUT2D eigenvalue weighted by atomic mass is 79.9. The summed E-state index contributed by atoms with van der Waals surface area (Å²) in [4.78, 5) is 11.7. The van der Waals surface area contributed by atoms with Crippen LogP contribution >= 0.6 is 15.9 Å². The summed E-state index contributed by atoms with van der Waals surface area (Å²) < 4.78 is 11.5. The van der Waals surface area contributed by atoms with Gasteiger partial charge in [0.15, 0.2) is 5.79 Å². The zero-order valence-corrected chi connectivity index (χ0v) is 9.58. The van der Waals surface area contributed by atoms with Crippen LogP contribution in [0.2, 0.25) is 0 Å². The molecule has 0 radical (unpaired) electrons. The van der Waals surface area contributed by atoms with E-state index >= 15 is 0 Å². The van der Waals surface area contributed by atoms with Gasteiger partial charge in [-0.3, -0.25) is 4.79 Å². The minimum absolute atomic E-state index is 0.0112. The molecule has 78 valence electrons. The summed E-state index contributed by atoms with van der Waals surface area (Å²) >= 11 is 3.52. The van der Waals surface area contributed by atoms with Gasteiger partial charge in [-0.05, 0) is 13.8 Å². The first-order chi connectivity index (χ1) is 6.49. The van der Waals surface area contributed by atoms with Crippen molar-refractivity contribution in [1.29, 1.82) is 0 Å². The van der Waals surface area contributed by atoms with E-state index in [1.54, 1.807) is 0 Å². The number of fused-ring (bicyclic) bond motifs is 5. The molecular weight excluding hydrogens is 250 g/mol. The minimum Gasteiger partial charge on any atom is -0.349 e. The maximum absolute atomic E-state index is 11.5. The smallest absolute Gasteiger partial charge is 0.227 e. The number of nitrogens with one attached hydrogen (secondary N) is 1. The molecule has 3 fully saturated rings. The summed E-state index contributed by atoms with van der Waals surface area (Å²) in [6.07, 6.45) is -0.0646. The molecule has 2 heterocycles. The van der Waals surface area contributed by atoms with Crippen molar-refractivity contribution in [2.75, 3.05) is 0 Å². The van der Waals surface area contributed by atoms with Crippen LogP contribution in [0.25, 0.3) is 0 Å². The van der Waals surface area contributed by atoms with Gasteiger partial charge in [-0.15, -0.1) is 0 Å². The van der Waals surface area contributed by atoms with Crippen molar-refractivity contribution in [2.45, 2.75) is 42.7 Å². The lowest BCUT2D eigenvalue weighted by Gasteiger charge is -2.21. The molecule has 3 rings (SSSR count). The Kier molecular flexibility index (Phi) is 1.64. The molecule has 1 saturated carbocycles. The molecule has 1 aliphatic carbocycles. The van der Waals surface area contributed by atoms with Crippen molar-refractivity contribution in [2.24, 2.45) is 5.92 Å². The van der Waals surface area contributed by atoms with E-state index in [0.717, 1.165) is 0 Å². The molecule has 2 bridgehead atoms. The van der Waals surface area contributed by atoms with Crippen molar-refractivity contribution >= 4 is 21.8 Å². The van der Waals surface area contributed by atoms with Crippen molar-refractivity contribution in [3.63, 3.8) is 0 Å². The Bertz CT molecular complexity index is 306. The first-order valence-electron chi connectivity index (χ1n) is 4.80. The van der Waals surface area contributed by atoms with Gasteiger partial charge >= 0.3 is 0 Å². The summed E-state index contributed by atoms with van der Waals surface area (Å²) in [5, 5.41) is 2.92. The fourth-order valence-electron chi connectivity index (χ4n) is 2.67. The predicted octanol–water partition coefficient (Wildman–Crippen LogP) is 0.398. The number of halogens is 1. The molecule has 2 saturated heterocycles. The Balaban J connectivity index is 1.94. The Morgan fingerprint density at radius 2 is 2.00 bits per heavy atom. The van der Waals surface area contributed by atoms with Gasteiger partial charge in [-0.25, -0.2) is 0 Å². The number of piperidine rings is 1. The number of amides is 1. The normalized spacial score (nSPS) is 53.4. The number of hydrogen-bond donors (Lipinski definition) is 1. The highest BCUT2D eigenvalue weighted by Crippen LogP contribution is 2.47. The van der Waals surface area contributed by atoms with Gasteiger partial charge in [0.2, 0.25) is 5.91 Å². The third-order valence-electron chi connectivity index (χ3n) is 3.17. The molecule has 3 aliphatic rings. The zero-order chi connectivity index (χ0) is 10.1. The van der Waals surface area contributed by atoms with Crippen molar-refractivity contribution in [3.05, 3.63) is 0 Å². The van der Waals surface area contributed by atoms with Gasteiger partial charge in [-0.1, -0.05) is 15.9 Å². The lowest BCUT2D eigenvalue weighted by Crippen LogP contribution is -2.47. The second-order valence-electron chi connectivity index (χ2n) is 4.57. The van der Waals surface area contributed by atoms with Crippen LogP contribution in [0.3, 0.4) is 0 Å². The summed E-state index contributed by atoms with van der Waals surface area (Å²) in [7, 11) is 0. The molecule has 0 unspecified atom stereocenters. The SMILES string of the molecule is CC1(C)O[C@H]2[C@@H]3NC(=O)[C@@H]([C@@H]3Br)[C@H]2O1. The average Bonchev–Trinajstić information content (AvgIpc) is 2.56. The first kappa shape index (κ1) is 9.12. The van der Waals surface area contributed by atoms with Crippen molar-refractivity contribution < 1.29 is 14.3 Å². The van der Waals surface area contributed by atoms with Crippen LogP contribution in [0, 0.1) is 5.92 Å². The van der Waals surface area contributed by atoms with E-state index in [1.165, 1.54) is 0 Å². The number of alkyl halides is 1. The van der Waals surface area contributed by atoms with Gasteiger partial charge < -0.3 is 14.8 Å². The highest BCUT2D eigenvalue weighted by Gasteiger charge is 2.64. The predicted molar refractivity (Wildman–Crippen MR) is 52.0 cm³/mol. The molecule has 1 N–H and O–H groups in total. The van der Waals surface area contributed by atoms with Crippen molar-refractivity contribution in [3.8, 4) is 0 Å². The van der Waals surface area contributed by atoms with E-state index in [-0.39, 0.29) is 34.9 Å². The van der Waals surface area contributed by atoms with E-state index < -0.39 is 5.79 Å². The summed E-state index contributed by atoms with van der Waals surface area (Å²) in [6, 6.07) is 0.0688. The molecule has 0 aromatic rings. The Hall–Kier alpha value is -0.130. The van der Waals surface area contributed by atoms with E-state index in [0.29, 0.717) is 0 Å². The fraction of sp³-hybridized carbons (Fsp3) is 0.889. The average molecular weight is 262 g/mol. The highest BCUT2D eigenvalue weighted by molar-refractivity contribution is 9.09. The van der Waals surface area contributed by atoms with Gasteiger partial charge in [0.05, 0.1) is 16.8 Å². The molecule has 5 atom stereocenters. The van der Waals surface area contributed by atoms with Crippen LogP contribution in [0.4, 0.5) is 0 Å². The van der Waals surface area contributed by atoms with E-state index in [2.05, 4.69) is 21.2 Å². The molecule has 0 spiro atoms. The van der Waals surface area contributed by atoms with E-state index in [9.17, 15) is 4.79 Å². The second-order valence-corrected chi connectivity index (χ2v) is 5.63. The van der Waals surface area contributed by atoms with Crippen molar-refractivity contribution in [1.82, 2.24) is 5.32 Å². The third-order valence-corrected chi connectivity index (χ3v) is 4.31. The van der Waals surface area contributed by atoms with Crippen LogP contribution < -0.4 is 5.32 Å². The Morgan fingerprint density at radius 1 is 1.36 bits per heavy atom. The molecule has 0 aromatic carbocycles. The van der Waals surface area contributed by atoms with Gasteiger partial charge in [0.1, 0.15) is 12.2 Å². The summed E-state index contributed by atoms with van der Waals surface area (Å²) in [6.45, 7) is 3.77. The molecule has 14 heavy (non-hydrogen) atoms. The number of hydrogen-bond acceptors (Lipinski definition) is 3. The molecule has 1 amide bonds. The lowest BCUT2D eigenvalue weighted by molar-refractivity contribution is -0.155. The molecule has 4 nitrogen and oxygen atoms in total. The zero-order valence-electron chi connectivity index (χ0n) is 7.99. The number of carbonyl (C=O) groups excluding carboxylic acids is 1. The number of rotatable bonds is 0. The largest absolute Gasteiger partial charge is 0.349 e. The molecule has 2 aliphatic heterocycles. The molecule has 0 aromatic heterocycles. The maximum atomic E-state index is 11.5. The number of carbonyl (C=O) groups is 1.